The van der Waals surface area contributed by atoms with Crippen molar-refractivity contribution >= 4 is 24.3 Å². The molecule has 0 unspecified atom stereocenters. The fourth-order valence-corrected chi connectivity index (χ4v) is 4.99. The molecule has 7 heteroatoms. The molecule has 4 nitrogen and oxygen atoms in total. The van der Waals surface area contributed by atoms with Crippen molar-refractivity contribution in [1.29, 1.82) is 0 Å². The first kappa shape index (κ1) is 19.3. The molecule has 0 aromatic rings. The standard InChI is InChI=1S/C12H32BNO3Si2/c1-15-19(16-2,17-3)12-8-10-14-13-9-7-11-18(4,5)6/h7-12,14H2,1-6H3. The molecule has 0 bridgehead atoms. The molecule has 0 saturated carbocycles. The van der Waals surface area contributed by atoms with E-state index in [9.17, 15) is 0 Å². The Labute approximate surface area is 122 Å². The van der Waals surface area contributed by atoms with E-state index >= 15 is 0 Å². The zero-order chi connectivity index (χ0) is 14.8. The molecule has 0 aromatic carbocycles. The van der Waals surface area contributed by atoms with Crippen LogP contribution >= 0.6 is 0 Å². The van der Waals surface area contributed by atoms with Crippen molar-refractivity contribution in [3.05, 3.63) is 0 Å². The van der Waals surface area contributed by atoms with E-state index in [0.717, 1.165) is 19.0 Å². The molecule has 0 rings (SSSR count). The first-order valence-corrected chi connectivity index (χ1v) is 12.8. The number of hydrogen-bond acceptors (Lipinski definition) is 3. The van der Waals surface area contributed by atoms with Crippen LogP contribution in [0.5, 0.6) is 0 Å². The van der Waals surface area contributed by atoms with E-state index in [0.29, 0.717) is 0 Å². The van der Waals surface area contributed by atoms with Gasteiger partial charge in [-0.2, -0.15) is 6.32 Å². The second-order valence-electron chi connectivity index (χ2n) is 6.11. The van der Waals surface area contributed by atoms with Crippen LogP contribution in [0.1, 0.15) is 12.8 Å². The first-order valence-electron chi connectivity index (χ1n) is 7.19. The SMILES string of the molecule is CO[Si](CCC[NH2+][B-]CCC[Si](C)(C)C)(OC)OC. The summed E-state index contributed by atoms with van der Waals surface area (Å²) < 4.78 is 16.2. The highest BCUT2D eigenvalue weighted by molar-refractivity contribution is 6.76. The van der Waals surface area contributed by atoms with Crippen LogP contribution in [0.2, 0.25) is 38.0 Å². The molecule has 0 aliphatic carbocycles. The molecule has 0 amide bonds. The third kappa shape index (κ3) is 9.81. The smallest absolute Gasteiger partial charge is 0.500 e. The van der Waals surface area contributed by atoms with E-state index in [-0.39, 0.29) is 0 Å². The van der Waals surface area contributed by atoms with Gasteiger partial charge in [-0.3, -0.25) is 0 Å². The minimum Gasteiger partial charge on any atom is -0.581 e. The molecule has 2 radical (unpaired) electrons. The van der Waals surface area contributed by atoms with Crippen LogP contribution in [0.4, 0.5) is 0 Å². The summed E-state index contributed by atoms with van der Waals surface area (Å²) in [6.07, 6.45) is 3.61. The molecule has 0 spiro atoms. The van der Waals surface area contributed by atoms with Crippen molar-refractivity contribution in [2.75, 3.05) is 27.9 Å². The molecular formula is C12H32BNO3Si2. The Hall–Kier alpha value is 0.339. The Morgan fingerprint density at radius 1 is 0.895 bits per heavy atom. The summed E-state index contributed by atoms with van der Waals surface area (Å²) in [5, 5.41) is 2.28. The summed E-state index contributed by atoms with van der Waals surface area (Å²) >= 11 is 0. The second-order valence-corrected chi connectivity index (χ2v) is 14.8. The molecule has 0 fully saturated rings. The Balaban J connectivity index is 3.50. The van der Waals surface area contributed by atoms with E-state index in [1.54, 1.807) is 21.3 Å². The molecule has 0 aromatic heterocycles. The van der Waals surface area contributed by atoms with Gasteiger partial charge in [-0.15, -0.1) is 0 Å². The average molecular weight is 305 g/mol. The zero-order valence-electron chi connectivity index (χ0n) is 13.6. The van der Waals surface area contributed by atoms with E-state index in [1.165, 1.54) is 18.8 Å². The van der Waals surface area contributed by atoms with Gasteiger partial charge in [0.25, 0.3) is 0 Å². The van der Waals surface area contributed by atoms with Crippen molar-refractivity contribution in [3.63, 3.8) is 0 Å². The lowest BCUT2D eigenvalue weighted by Gasteiger charge is -2.24. The van der Waals surface area contributed by atoms with E-state index < -0.39 is 16.9 Å². The highest BCUT2D eigenvalue weighted by Crippen LogP contribution is 2.14. The fraction of sp³-hybridized carbons (Fsp3) is 1.00. The maximum Gasteiger partial charge on any atom is 0.500 e. The zero-order valence-corrected chi connectivity index (χ0v) is 15.6. The third-order valence-corrected chi connectivity index (χ3v) is 7.94. The van der Waals surface area contributed by atoms with Crippen LogP contribution < -0.4 is 5.23 Å². The molecular weight excluding hydrogens is 273 g/mol. The third-order valence-electron chi connectivity index (χ3n) is 3.25. The Morgan fingerprint density at radius 2 is 1.47 bits per heavy atom. The van der Waals surface area contributed by atoms with Crippen LogP contribution in [0, 0.1) is 0 Å². The van der Waals surface area contributed by atoms with Gasteiger partial charge in [0.15, 0.2) is 0 Å². The first-order chi connectivity index (χ1) is 8.89. The van der Waals surface area contributed by atoms with Crippen LogP contribution in [0.25, 0.3) is 0 Å². The van der Waals surface area contributed by atoms with Gasteiger partial charge in [0.1, 0.15) is 0 Å². The predicted molar refractivity (Wildman–Crippen MR) is 86.3 cm³/mol. The molecule has 114 valence electrons. The summed E-state index contributed by atoms with van der Waals surface area (Å²) in [6.45, 7) is 8.38. The highest BCUT2D eigenvalue weighted by Gasteiger charge is 2.36. The molecule has 19 heavy (non-hydrogen) atoms. The molecule has 0 heterocycles. The van der Waals surface area contributed by atoms with E-state index in [2.05, 4.69) is 32.3 Å². The van der Waals surface area contributed by atoms with Gasteiger partial charge in [-0.05, 0) is 13.8 Å². The lowest BCUT2D eigenvalue weighted by atomic mass is 9.87. The van der Waals surface area contributed by atoms with Crippen molar-refractivity contribution in [3.8, 4) is 0 Å². The minimum absolute atomic E-state index is 0.850. The summed E-state index contributed by atoms with van der Waals surface area (Å²) in [4.78, 5) is 0. The van der Waals surface area contributed by atoms with E-state index in [4.69, 9.17) is 13.3 Å². The van der Waals surface area contributed by atoms with Crippen LogP contribution in [-0.2, 0) is 13.3 Å². The van der Waals surface area contributed by atoms with Crippen LogP contribution in [0.3, 0.4) is 0 Å². The quantitative estimate of drug-likeness (QED) is 0.440. The maximum absolute atomic E-state index is 5.39. The largest absolute Gasteiger partial charge is 0.581 e. The Bertz CT molecular complexity index is 215. The van der Waals surface area contributed by atoms with Crippen molar-refractivity contribution in [2.24, 2.45) is 0 Å². The summed E-state index contributed by atoms with van der Waals surface area (Å²) in [6, 6.07) is 2.31. The summed E-state index contributed by atoms with van der Waals surface area (Å²) in [5.74, 6) is 0. The number of quaternary nitrogens is 1. The molecule has 0 saturated heterocycles. The minimum atomic E-state index is -2.35. The van der Waals surface area contributed by atoms with Gasteiger partial charge in [-0.25, -0.2) is 0 Å². The van der Waals surface area contributed by atoms with Crippen molar-refractivity contribution in [1.82, 2.24) is 0 Å². The number of hydrogen-bond donors (Lipinski definition) is 1. The molecule has 0 atom stereocenters. The predicted octanol–water partition coefficient (Wildman–Crippen LogP) is 1.58. The van der Waals surface area contributed by atoms with Gasteiger partial charge >= 0.3 is 8.80 Å². The molecule has 2 N–H and O–H groups in total. The lowest BCUT2D eigenvalue weighted by Crippen LogP contribution is -2.86. The fourth-order valence-electron chi connectivity index (χ4n) is 1.98. The molecule has 0 aliphatic rings. The van der Waals surface area contributed by atoms with Gasteiger partial charge in [0, 0.05) is 42.0 Å². The number of rotatable bonds is 12. The normalized spacial score (nSPS) is 12.9. The Kier molecular flexibility index (Phi) is 10.3. The topological polar surface area (TPSA) is 44.3 Å². The van der Waals surface area contributed by atoms with Gasteiger partial charge in [0.2, 0.25) is 0 Å². The second kappa shape index (κ2) is 10.1. The highest BCUT2D eigenvalue weighted by atomic mass is 28.4. The van der Waals surface area contributed by atoms with Crippen molar-refractivity contribution in [2.45, 2.75) is 50.9 Å². The van der Waals surface area contributed by atoms with Gasteiger partial charge < -0.3 is 18.5 Å². The summed E-state index contributed by atoms with van der Waals surface area (Å²) in [5.41, 5.74) is 0. The molecule has 0 aliphatic heterocycles. The van der Waals surface area contributed by atoms with Gasteiger partial charge in [-0.1, -0.05) is 32.1 Å². The average Bonchev–Trinajstić information content (AvgIpc) is 2.37. The van der Waals surface area contributed by atoms with Crippen molar-refractivity contribution < 1.29 is 18.5 Å². The van der Waals surface area contributed by atoms with Crippen LogP contribution in [-0.4, -0.2) is 52.2 Å². The van der Waals surface area contributed by atoms with Gasteiger partial charge in [0.05, 0.1) is 0 Å². The maximum atomic E-state index is 5.39. The summed E-state index contributed by atoms with van der Waals surface area (Å²) in [7, 11) is 4.14. The Morgan fingerprint density at radius 3 is 1.95 bits per heavy atom. The van der Waals surface area contributed by atoms with Crippen LogP contribution in [0.15, 0.2) is 0 Å². The van der Waals surface area contributed by atoms with E-state index in [1.807, 2.05) is 0 Å². The lowest BCUT2D eigenvalue weighted by molar-refractivity contribution is -0.514. The monoisotopic (exact) mass is 305 g/mol. The number of nitrogens with two attached hydrogens (primary N) is 1.